The summed E-state index contributed by atoms with van der Waals surface area (Å²) in [6.45, 7) is -3.70. The van der Waals surface area contributed by atoms with E-state index in [4.69, 9.17) is 19.9 Å². The van der Waals surface area contributed by atoms with Gasteiger partial charge in [-0.3, -0.25) is 4.79 Å². The van der Waals surface area contributed by atoms with Gasteiger partial charge in [0.25, 0.3) is 0 Å². The molecule has 70 heavy (non-hydrogen) atoms. The summed E-state index contributed by atoms with van der Waals surface area (Å²) in [6.07, 6.45) is -2.94. The first-order valence-corrected chi connectivity index (χ1v) is 24.6. The first-order chi connectivity index (χ1) is 34.3. The molecule has 0 radical (unpaired) electrons. The van der Waals surface area contributed by atoms with Crippen LogP contribution in [0.2, 0.25) is 0 Å². The Labute approximate surface area is 407 Å². The molecular weight excluding hydrogens is 898 g/mol. The lowest BCUT2D eigenvalue weighted by Gasteiger charge is -2.31. The monoisotopic (exact) mass is 947 g/mol. The zero-order chi connectivity index (χ0) is 48.7. The second-order valence-electron chi connectivity index (χ2n) is 16.4. The minimum absolute atomic E-state index is 0.00193. The minimum Gasteiger partial charge on any atom is -0.449 e. The molecular formula is C57H50N5O7P. The van der Waals surface area contributed by atoms with Gasteiger partial charge in [-0.25, -0.2) is 19.3 Å². The molecule has 0 spiro atoms. The first-order valence-electron chi connectivity index (χ1n) is 22.8. The summed E-state index contributed by atoms with van der Waals surface area (Å²) in [5, 5.41) is 16.4. The molecule has 0 aliphatic heterocycles. The molecule has 1 aliphatic rings. The van der Waals surface area contributed by atoms with Crippen LogP contribution in [-0.2, 0) is 32.2 Å². The van der Waals surface area contributed by atoms with Crippen LogP contribution in [0.3, 0.4) is 0 Å². The van der Waals surface area contributed by atoms with Gasteiger partial charge in [0.1, 0.15) is 31.2 Å². The number of hydrogen-bond donors (Lipinski definition) is 2. The van der Waals surface area contributed by atoms with E-state index in [1.54, 1.807) is 48.5 Å². The molecule has 1 aliphatic carbocycles. The number of nitrogens with zero attached hydrogens (tertiary/aromatic N) is 3. The van der Waals surface area contributed by atoms with E-state index >= 15 is 4.79 Å². The maximum absolute atomic E-state index is 15.6. The molecule has 0 aromatic heterocycles. The van der Waals surface area contributed by atoms with Crippen LogP contribution in [0.15, 0.2) is 205 Å². The van der Waals surface area contributed by atoms with Crippen LogP contribution in [-0.4, -0.2) is 59.4 Å². The highest BCUT2D eigenvalue weighted by Crippen LogP contribution is 2.47. The van der Waals surface area contributed by atoms with Gasteiger partial charge in [-0.2, -0.15) is 5.26 Å². The summed E-state index contributed by atoms with van der Waals surface area (Å²) in [7, 11) is 0. The lowest BCUT2D eigenvalue weighted by molar-refractivity contribution is -0.114. The molecule has 8 rings (SSSR count). The zero-order valence-corrected chi connectivity index (χ0v) is 39.1. The van der Waals surface area contributed by atoms with E-state index in [0.29, 0.717) is 5.56 Å². The number of carbonyl (C=O) groups excluding carboxylic acids is 4. The maximum Gasteiger partial charge on any atom is 0.437 e. The van der Waals surface area contributed by atoms with Crippen molar-refractivity contribution in [2.24, 2.45) is 10.7 Å². The van der Waals surface area contributed by atoms with Crippen molar-refractivity contribution in [2.75, 3.05) is 13.2 Å². The third-order valence-electron chi connectivity index (χ3n) is 12.0. The normalized spacial score (nSPS) is 12.3. The topological polar surface area (TPSA) is 173 Å². The number of guanidine groups is 1. The Balaban J connectivity index is 1.13. The van der Waals surface area contributed by atoms with Gasteiger partial charge in [0, 0.05) is 12.5 Å². The maximum atomic E-state index is 15.6. The van der Waals surface area contributed by atoms with Gasteiger partial charge in [0.15, 0.2) is 5.78 Å². The summed E-state index contributed by atoms with van der Waals surface area (Å²) in [6, 6.07) is 63.3. The lowest BCUT2D eigenvalue weighted by Crippen LogP contribution is -2.47. The number of amides is 3. The van der Waals surface area contributed by atoms with Crippen molar-refractivity contribution in [1.82, 2.24) is 10.2 Å². The summed E-state index contributed by atoms with van der Waals surface area (Å²) in [4.78, 5) is 61.4. The SMILES string of the molecule is N#CC(C(=O)[C@H](CCCN(C(=O)OCc1ccccc1)/C(N)=N\C(=O)OCc1ccccc1)NC(=O)OCC1c2ccccc2-c2ccccc21)=P(c1ccccc1)(c1ccccc1)c1ccccc1. The molecule has 3 amide bonds. The molecule has 7 aromatic carbocycles. The predicted molar refractivity (Wildman–Crippen MR) is 274 cm³/mol. The quantitative estimate of drug-likeness (QED) is 0.0414. The molecule has 350 valence electrons. The van der Waals surface area contributed by atoms with Crippen molar-refractivity contribution in [1.29, 1.82) is 5.26 Å². The van der Waals surface area contributed by atoms with Gasteiger partial charge < -0.3 is 25.3 Å². The minimum atomic E-state index is -3.25. The third kappa shape index (κ3) is 10.9. The van der Waals surface area contributed by atoms with Crippen molar-refractivity contribution in [3.8, 4) is 17.2 Å². The zero-order valence-electron chi connectivity index (χ0n) is 38.2. The first kappa shape index (κ1) is 48.0. The van der Waals surface area contributed by atoms with Crippen LogP contribution in [0.1, 0.15) is 41.0 Å². The number of nitrogens with two attached hydrogens (primary N) is 1. The molecule has 0 fully saturated rings. The number of nitrogens with one attached hydrogen (secondary N) is 1. The summed E-state index contributed by atoms with van der Waals surface area (Å²) in [5.41, 5.74) is 11.9. The average Bonchev–Trinajstić information content (AvgIpc) is 3.73. The van der Waals surface area contributed by atoms with Crippen molar-refractivity contribution in [3.05, 3.63) is 222 Å². The Morgan fingerprint density at radius 3 is 1.54 bits per heavy atom. The van der Waals surface area contributed by atoms with E-state index in [1.165, 1.54) is 0 Å². The number of fused-ring (bicyclic) bond motifs is 3. The Bertz CT molecular complexity index is 2930. The fourth-order valence-electron chi connectivity index (χ4n) is 8.76. The van der Waals surface area contributed by atoms with Crippen LogP contribution >= 0.6 is 6.89 Å². The Morgan fingerprint density at radius 1 is 0.614 bits per heavy atom. The van der Waals surface area contributed by atoms with Gasteiger partial charge in [0.2, 0.25) is 5.96 Å². The number of benzene rings is 7. The van der Waals surface area contributed by atoms with E-state index in [1.807, 2.05) is 152 Å². The van der Waals surface area contributed by atoms with Gasteiger partial charge in [0.05, 0.1) is 6.04 Å². The Hall–Kier alpha value is -8.52. The number of Topliss-reactive ketones (excluding diaryl/α,β-unsaturated/α-hetero) is 1. The molecule has 13 heteroatoms. The Morgan fingerprint density at radius 2 is 1.06 bits per heavy atom. The standard InChI is InChI=1S/C57H50N5O7P/c58-37-52(70(43-25-10-3-11-26-43,44-27-12-4-13-28-44)45-29-14-5-15-30-45)53(63)51(60-55(64)68-40-50-48-33-18-16-31-46(48)47-32-17-19-34-49(47)50)35-20-36-62(57(66)69-39-42-23-8-2-9-24-42)54(59)61-56(65)67-38-41-21-6-1-7-22-41/h1-19,21-34,50-51H,20,35-36,38-40H2,(H,60,64)(H2,59,61,65)/t51-/m0/s1. The highest BCUT2D eigenvalue weighted by Gasteiger charge is 2.37. The van der Waals surface area contributed by atoms with E-state index in [0.717, 1.165) is 48.6 Å². The van der Waals surface area contributed by atoms with E-state index in [-0.39, 0.29) is 50.4 Å². The molecule has 12 nitrogen and oxygen atoms in total. The van der Waals surface area contributed by atoms with Gasteiger partial charge in [-0.1, -0.05) is 200 Å². The third-order valence-corrected chi connectivity index (χ3v) is 16.3. The largest absolute Gasteiger partial charge is 0.449 e. The van der Waals surface area contributed by atoms with E-state index < -0.39 is 43.0 Å². The number of nitriles is 1. The van der Waals surface area contributed by atoms with Gasteiger partial charge in [-0.05, 0) is 69.0 Å². The summed E-state index contributed by atoms with van der Waals surface area (Å²) in [5.74, 6) is -1.40. The van der Waals surface area contributed by atoms with Gasteiger partial charge >= 0.3 is 18.3 Å². The lowest BCUT2D eigenvalue weighted by atomic mass is 9.98. The Kier molecular flexibility index (Phi) is 15.7. The molecule has 1 atom stereocenters. The molecule has 0 saturated heterocycles. The van der Waals surface area contributed by atoms with Crippen molar-refractivity contribution in [3.63, 3.8) is 0 Å². The summed E-state index contributed by atoms with van der Waals surface area (Å²) >= 11 is 0. The van der Waals surface area contributed by atoms with Crippen LogP contribution in [0.5, 0.6) is 0 Å². The smallest absolute Gasteiger partial charge is 0.437 e. The predicted octanol–water partition coefficient (Wildman–Crippen LogP) is 9.22. The second-order valence-corrected chi connectivity index (χ2v) is 19.7. The highest BCUT2D eigenvalue weighted by molar-refractivity contribution is 7.97. The number of aliphatic imine (C=N–C) groups is 1. The number of hydrogen-bond acceptors (Lipinski definition) is 8. The molecule has 0 unspecified atom stereocenters. The fourth-order valence-corrected chi connectivity index (χ4v) is 12.9. The number of carbonyl (C=O) groups is 4. The van der Waals surface area contributed by atoms with Crippen LogP contribution in [0.4, 0.5) is 14.4 Å². The fraction of sp³-hybridized carbons (Fsp3) is 0.140. The highest BCUT2D eigenvalue weighted by atomic mass is 31.2. The second kappa shape index (κ2) is 23.0. The molecule has 0 bridgehead atoms. The van der Waals surface area contributed by atoms with Crippen LogP contribution in [0, 0.1) is 11.3 Å². The number of ketones is 1. The van der Waals surface area contributed by atoms with Crippen molar-refractivity contribution in [2.45, 2.75) is 38.0 Å². The number of ether oxygens (including phenoxy) is 3. The van der Waals surface area contributed by atoms with E-state index in [2.05, 4.69) is 16.4 Å². The number of rotatable bonds is 16. The van der Waals surface area contributed by atoms with Gasteiger partial charge in [-0.15, -0.1) is 4.99 Å². The molecule has 0 saturated carbocycles. The van der Waals surface area contributed by atoms with Crippen LogP contribution < -0.4 is 27.0 Å². The van der Waals surface area contributed by atoms with E-state index in [9.17, 15) is 19.6 Å². The van der Waals surface area contributed by atoms with Crippen molar-refractivity contribution >= 4 is 58.1 Å². The van der Waals surface area contributed by atoms with Crippen molar-refractivity contribution < 1.29 is 33.4 Å². The number of alkyl carbamates (subject to hydrolysis) is 1. The summed E-state index contributed by atoms with van der Waals surface area (Å²) < 4.78 is 17.0. The molecule has 0 heterocycles. The van der Waals surface area contributed by atoms with Crippen LogP contribution in [0.25, 0.3) is 11.1 Å². The molecule has 7 aromatic rings. The average molecular weight is 948 g/mol. The molecule has 3 N–H and O–H groups in total.